The smallest absolute Gasteiger partial charge is 0.259 e. The predicted octanol–water partition coefficient (Wildman–Crippen LogP) is 3.79. The van der Waals surface area contributed by atoms with Gasteiger partial charge in [0.25, 0.3) is 5.91 Å². The minimum Gasteiger partial charge on any atom is -0.322 e. The van der Waals surface area contributed by atoms with Gasteiger partial charge in [-0.1, -0.05) is 17.7 Å². The highest BCUT2D eigenvalue weighted by Gasteiger charge is 2.16. The second-order valence-electron chi connectivity index (χ2n) is 5.16. The number of carbonyl (C=O) groups excluding carboxylic acids is 1. The molecule has 2 heterocycles. The molecule has 0 saturated carbocycles. The van der Waals surface area contributed by atoms with Crippen LogP contribution in [0.4, 0.5) is 5.69 Å². The van der Waals surface area contributed by atoms with Gasteiger partial charge >= 0.3 is 0 Å². The van der Waals surface area contributed by atoms with Crippen molar-refractivity contribution in [1.82, 2.24) is 14.8 Å². The van der Waals surface area contributed by atoms with Crippen LogP contribution in [0.3, 0.4) is 0 Å². The largest absolute Gasteiger partial charge is 0.322 e. The maximum absolute atomic E-state index is 12.5. The fraction of sp³-hybridized carbons (Fsp3) is 0.118. The van der Waals surface area contributed by atoms with Gasteiger partial charge in [0.15, 0.2) is 5.82 Å². The third kappa shape index (κ3) is 3.10. The zero-order valence-corrected chi connectivity index (χ0v) is 13.5. The van der Waals surface area contributed by atoms with Gasteiger partial charge in [-0.05, 0) is 49.7 Å². The molecule has 3 aromatic rings. The predicted molar refractivity (Wildman–Crippen MR) is 90.2 cm³/mol. The summed E-state index contributed by atoms with van der Waals surface area (Å²) in [5.74, 6) is 0.460. The molecule has 116 valence electrons. The number of anilines is 1. The number of aryl methyl sites for hydroxylation is 1. The lowest BCUT2D eigenvalue weighted by Crippen LogP contribution is -2.14. The number of hydrogen-bond donors (Lipinski definition) is 1. The molecule has 0 fully saturated rings. The second kappa shape index (κ2) is 6.22. The molecule has 1 N–H and O–H groups in total. The Morgan fingerprint density at radius 1 is 1.22 bits per heavy atom. The molecule has 0 unspecified atom stereocenters. The lowest BCUT2D eigenvalue weighted by Gasteiger charge is -2.09. The zero-order chi connectivity index (χ0) is 16.4. The second-order valence-corrected chi connectivity index (χ2v) is 5.59. The maximum Gasteiger partial charge on any atom is 0.259 e. The number of halogens is 1. The van der Waals surface area contributed by atoms with E-state index in [0.29, 0.717) is 16.4 Å². The summed E-state index contributed by atoms with van der Waals surface area (Å²) in [6.45, 7) is 3.73. The summed E-state index contributed by atoms with van der Waals surface area (Å²) in [5.41, 5.74) is 2.86. The van der Waals surface area contributed by atoms with Crippen LogP contribution in [0.2, 0.25) is 5.02 Å². The molecule has 5 nitrogen and oxygen atoms in total. The molecule has 0 aliphatic rings. The molecule has 23 heavy (non-hydrogen) atoms. The summed E-state index contributed by atoms with van der Waals surface area (Å²) in [6.07, 6.45) is 3.23. The van der Waals surface area contributed by atoms with Gasteiger partial charge < -0.3 is 5.32 Å². The first kappa shape index (κ1) is 15.2. The summed E-state index contributed by atoms with van der Waals surface area (Å²) in [7, 11) is 0. The van der Waals surface area contributed by atoms with E-state index in [2.05, 4.69) is 15.4 Å². The van der Waals surface area contributed by atoms with Crippen molar-refractivity contribution < 1.29 is 4.79 Å². The molecule has 0 bridgehead atoms. The standard InChI is InChI=1S/C17H15ClN4O/c1-11-9-13(18)6-7-15(11)21-17(23)14-10-20-22(12(14)2)16-5-3-4-8-19-16/h3-10H,1-2H3,(H,21,23). The Hall–Kier alpha value is -2.66. The van der Waals surface area contributed by atoms with Crippen molar-refractivity contribution in [3.8, 4) is 5.82 Å². The van der Waals surface area contributed by atoms with Gasteiger partial charge in [0.2, 0.25) is 0 Å². The number of hydrogen-bond acceptors (Lipinski definition) is 3. The first-order chi connectivity index (χ1) is 11.1. The van der Waals surface area contributed by atoms with E-state index in [-0.39, 0.29) is 5.91 Å². The lowest BCUT2D eigenvalue weighted by molar-refractivity contribution is 0.102. The molecular formula is C17H15ClN4O. The third-order valence-electron chi connectivity index (χ3n) is 3.56. The Morgan fingerprint density at radius 3 is 2.74 bits per heavy atom. The fourth-order valence-corrected chi connectivity index (χ4v) is 2.53. The van der Waals surface area contributed by atoms with Gasteiger partial charge in [0.05, 0.1) is 17.5 Å². The van der Waals surface area contributed by atoms with Crippen LogP contribution in [0.1, 0.15) is 21.6 Å². The van der Waals surface area contributed by atoms with Crippen molar-refractivity contribution in [2.75, 3.05) is 5.32 Å². The number of pyridine rings is 1. The highest BCUT2D eigenvalue weighted by atomic mass is 35.5. The quantitative estimate of drug-likeness (QED) is 0.796. The van der Waals surface area contributed by atoms with Crippen LogP contribution in [0.25, 0.3) is 5.82 Å². The number of rotatable bonds is 3. The SMILES string of the molecule is Cc1cc(Cl)ccc1NC(=O)c1cnn(-c2ccccn2)c1C. The normalized spacial score (nSPS) is 10.6. The van der Waals surface area contributed by atoms with Gasteiger partial charge in [-0.15, -0.1) is 0 Å². The van der Waals surface area contributed by atoms with Crippen LogP contribution in [-0.2, 0) is 0 Å². The molecular weight excluding hydrogens is 312 g/mol. The van der Waals surface area contributed by atoms with Crippen LogP contribution in [0, 0.1) is 13.8 Å². The lowest BCUT2D eigenvalue weighted by atomic mass is 10.2. The fourth-order valence-electron chi connectivity index (χ4n) is 2.30. The Labute approximate surface area is 138 Å². The number of benzene rings is 1. The van der Waals surface area contributed by atoms with Gasteiger partial charge in [0.1, 0.15) is 0 Å². The molecule has 0 spiro atoms. The Bertz CT molecular complexity index is 858. The molecule has 0 saturated heterocycles. The molecule has 3 rings (SSSR count). The van der Waals surface area contributed by atoms with Crippen LogP contribution < -0.4 is 5.32 Å². The van der Waals surface area contributed by atoms with Gasteiger partial charge in [-0.2, -0.15) is 5.10 Å². The minimum atomic E-state index is -0.213. The molecule has 6 heteroatoms. The van der Waals surface area contributed by atoms with Crippen LogP contribution in [0.5, 0.6) is 0 Å². The Morgan fingerprint density at radius 2 is 2.04 bits per heavy atom. The molecule has 0 atom stereocenters. The van der Waals surface area contributed by atoms with E-state index in [4.69, 9.17) is 11.6 Å². The van der Waals surface area contributed by atoms with E-state index >= 15 is 0 Å². The van der Waals surface area contributed by atoms with E-state index in [1.165, 1.54) is 0 Å². The van der Waals surface area contributed by atoms with Crippen LogP contribution in [0.15, 0.2) is 48.8 Å². The van der Waals surface area contributed by atoms with E-state index in [1.54, 1.807) is 35.3 Å². The first-order valence-corrected chi connectivity index (χ1v) is 7.47. The molecule has 1 aromatic carbocycles. The number of amides is 1. The molecule has 2 aromatic heterocycles. The average Bonchev–Trinajstić information content (AvgIpc) is 2.92. The minimum absolute atomic E-state index is 0.213. The molecule has 1 amide bonds. The monoisotopic (exact) mass is 326 g/mol. The van der Waals surface area contributed by atoms with Crippen molar-refractivity contribution in [3.05, 3.63) is 70.6 Å². The summed E-state index contributed by atoms with van der Waals surface area (Å²) in [5, 5.41) is 7.78. The summed E-state index contributed by atoms with van der Waals surface area (Å²) in [4.78, 5) is 16.7. The van der Waals surface area contributed by atoms with Crippen LogP contribution >= 0.6 is 11.6 Å². The van der Waals surface area contributed by atoms with Crippen molar-refractivity contribution in [3.63, 3.8) is 0 Å². The average molecular weight is 327 g/mol. The van der Waals surface area contributed by atoms with Crippen LogP contribution in [-0.4, -0.2) is 20.7 Å². The molecule has 0 radical (unpaired) electrons. The zero-order valence-electron chi connectivity index (χ0n) is 12.7. The van der Waals surface area contributed by atoms with Crippen molar-refractivity contribution in [2.45, 2.75) is 13.8 Å². The Balaban J connectivity index is 1.88. The van der Waals surface area contributed by atoms with E-state index in [1.807, 2.05) is 32.0 Å². The number of nitrogens with zero attached hydrogens (tertiary/aromatic N) is 3. The first-order valence-electron chi connectivity index (χ1n) is 7.10. The van der Waals surface area contributed by atoms with E-state index in [0.717, 1.165) is 16.9 Å². The highest BCUT2D eigenvalue weighted by molar-refractivity contribution is 6.30. The van der Waals surface area contributed by atoms with E-state index < -0.39 is 0 Å². The highest BCUT2D eigenvalue weighted by Crippen LogP contribution is 2.21. The third-order valence-corrected chi connectivity index (χ3v) is 3.79. The van der Waals surface area contributed by atoms with Gasteiger partial charge in [-0.3, -0.25) is 4.79 Å². The van der Waals surface area contributed by atoms with Crippen molar-refractivity contribution in [2.24, 2.45) is 0 Å². The summed E-state index contributed by atoms with van der Waals surface area (Å²) >= 11 is 5.93. The van der Waals surface area contributed by atoms with Crippen molar-refractivity contribution >= 4 is 23.2 Å². The number of aromatic nitrogens is 3. The van der Waals surface area contributed by atoms with Gasteiger partial charge in [-0.25, -0.2) is 9.67 Å². The summed E-state index contributed by atoms with van der Waals surface area (Å²) < 4.78 is 1.64. The van der Waals surface area contributed by atoms with Gasteiger partial charge in [0, 0.05) is 16.9 Å². The number of carbonyl (C=O) groups is 1. The maximum atomic E-state index is 12.5. The topological polar surface area (TPSA) is 59.8 Å². The van der Waals surface area contributed by atoms with Crippen molar-refractivity contribution in [1.29, 1.82) is 0 Å². The number of nitrogens with one attached hydrogen (secondary N) is 1. The Kier molecular flexibility index (Phi) is 4.12. The molecule has 0 aliphatic carbocycles. The van der Waals surface area contributed by atoms with E-state index in [9.17, 15) is 4.79 Å². The molecule has 0 aliphatic heterocycles. The summed E-state index contributed by atoms with van der Waals surface area (Å²) in [6, 6.07) is 10.9.